The van der Waals surface area contributed by atoms with E-state index in [2.05, 4.69) is 17.4 Å². The van der Waals surface area contributed by atoms with Crippen molar-refractivity contribution in [2.24, 2.45) is 0 Å². The molecule has 0 aromatic heterocycles. The van der Waals surface area contributed by atoms with E-state index < -0.39 is 10.0 Å². The SMILES string of the molecule is Cc1cc(C)c([C@H](C)NC(=O)CN(c2cccc(Cl)c2)S(C)(=O)=O)cc1C. The second-order valence-electron chi connectivity index (χ2n) is 6.83. The van der Waals surface area contributed by atoms with Gasteiger partial charge in [-0.2, -0.15) is 0 Å². The van der Waals surface area contributed by atoms with Gasteiger partial charge in [-0.25, -0.2) is 8.42 Å². The Labute approximate surface area is 166 Å². The van der Waals surface area contributed by atoms with Crippen LogP contribution >= 0.6 is 11.6 Å². The van der Waals surface area contributed by atoms with Crippen LogP contribution in [0.2, 0.25) is 5.02 Å². The summed E-state index contributed by atoms with van der Waals surface area (Å²) < 4.78 is 25.4. The number of benzene rings is 2. The number of sulfonamides is 1. The van der Waals surface area contributed by atoms with Crippen LogP contribution in [0.3, 0.4) is 0 Å². The van der Waals surface area contributed by atoms with Gasteiger partial charge in [0.1, 0.15) is 6.54 Å². The highest BCUT2D eigenvalue weighted by molar-refractivity contribution is 7.92. The van der Waals surface area contributed by atoms with Crippen molar-refractivity contribution in [2.75, 3.05) is 17.1 Å². The van der Waals surface area contributed by atoms with E-state index in [1.165, 1.54) is 11.6 Å². The van der Waals surface area contributed by atoms with Crippen molar-refractivity contribution in [3.8, 4) is 0 Å². The Morgan fingerprint density at radius 2 is 1.74 bits per heavy atom. The maximum Gasteiger partial charge on any atom is 0.241 e. The molecule has 27 heavy (non-hydrogen) atoms. The first-order valence-electron chi connectivity index (χ1n) is 8.59. The van der Waals surface area contributed by atoms with Crippen LogP contribution < -0.4 is 9.62 Å². The summed E-state index contributed by atoms with van der Waals surface area (Å²) in [5.74, 6) is -0.384. The number of hydrogen-bond acceptors (Lipinski definition) is 3. The summed E-state index contributed by atoms with van der Waals surface area (Å²) in [6.45, 7) is 7.65. The molecular weight excluding hydrogens is 384 g/mol. The Kier molecular flexibility index (Phi) is 6.54. The van der Waals surface area contributed by atoms with E-state index >= 15 is 0 Å². The van der Waals surface area contributed by atoms with Crippen molar-refractivity contribution in [3.63, 3.8) is 0 Å². The number of hydrogen-bond donors (Lipinski definition) is 1. The maximum absolute atomic E-state index is 12.6. The first kappa shape index (κ1) is 21.3. The Morgan fingerprint density at radius 3 is 2.33 bits per heavy atom. The summed E-state index contributed by atoms with van der Waals surface area (Å²) in [4.78, 5) is 12.6. The van der Waals surface area contributed by atoms with Crippen molar-refractivity contribution in [1.29, 1.82) is 0 Å². The molecule has 0 bridgehead atoms. The van der Waals surface area contributed by atoms with E-state index in [0.29, 0.717) is 10.7 Å². The summed E-state index contributed by atoms with van der Waals surface area (Å²) in [5.41, 5.74) is 4.79. The fourth-order valence-corrected chi connectivity index (χ4v) is 4.01. The highest BCUT2D eigenvalue weighted by Gasteiger charge is 2.22. The quantitative estimate of drug-likeness (QED) is 0.787. The molecule has 7 heteroatoms. The van der Waals surface area contributed by atoms with Gasteiger partial charge >= 0.3 is 0 Å². The summed E-state index contributed by atoms with van der Waals surface area (Å²) in [5, 5.41) is 3.30. The lowest BCUT2D eigenvalue weighted by molar-refractivity contribution is -0.120. The maximum atomic E-state index is 12.6. The largest absolute Gasteiger partial charge is 0.348 e. The lowest BCUT2D eigenvalue weighted by Gasteiger charge is -2.24. The molecular formula is C20H25ClN2O3S. The minimum atomic E-state index is -3.64. The number of nitrogens with one attached hydrogen (secondary N) is 1. The fraction of sp³-hybridized carbons (Fsp3) is 0.350. The van der Waals surface area contributed by atoms with Gasteiger partial charge in [-0.15, -0.1) is 0 Å². The van der Waals surface area contributed by atoms with Crippen molar-refractivity contribution in [1.82, 2.24) is 5.32 Å². The van der Waals surface area contributed by atoms with Crippen LogP contribution in [-0.2, 0) is 14.8 Å². The topological polar surface area (TPSA) is 66.5 Å². The monoisotopic (exact) mass is 408 g/mol. The average Bonchev–Trinajstić information content (AvgIpc) is 2.54. The summed E-state index contributed by atoms with van der Waals surface area (Å²) in [7, 11) is -3.64. The summed E-state index contributed by atoms with van der Waals surface area (Å²) in [6.07, 6.45) is 1.07. The van der Waals surface area contributed by atoms with Gasteiger partial charge < -0.3 is 5.32 Å². The third-order valence-corrected chi connectivity index (χ3v) is 5.89. The lowest BCUT2D eigenvalue weighted by Crippen LogP contribution is -2.41. The molecule has 0 aliphatic rings. The lowest BCUT2D eigenvalue weighted by atomic mass is 9.96. The Balaban J connectivity index is 2.20. The van der Waals surface area contributed by atoms with Gasteiger partial charge in [-0.1, -0.05) is 29.8 Å². The van der Waals surface area contributed by atoms with Crippen molar-refractivity contribution in [2.45, 2.75) is 33.7 Å². The van der Waals surface area contributed by atoms with Crippen LogP contribution in [0.1, 0.15) is 35.2 Å². The molecule has 2 aromatic rings. The predicted molar refractivity (Wildman–Crippen MR) is 111 cm³/mol. The van der Waals surface area contributed by atoms with Gasteiger partial charge in [0.15, 0.2) is 0 Å². The number of aryl methyl sites for hydroxylation is 3. The second-order valence-corrected chi connectivity index (χ2v) is 9.18. The second kappa shape index (κ2) is 8.31. The minimum Gasteiger partial charge on any atom is -0.348 e. The molecule has 0 saturated carbocycles. The van der Waals surface area contributed by atoms with Crippen molar-refractivity contribution < 1.29 is 13.2 Å². The summed E-state index contributed by atoms with van der Waals surface area (Å²) in [6, 6.07) is 10.3. The Hall–Kier alpha value is -2.05. The third kappa shape index (κ3) is 5.47. The molecule has 2 rings (SSSR count). The van der Waals surface area contributed by atoms with Crippen LogP contribution in [0, 0.1) is 20.8 Å². The number of anilines is 1. The molecule has 0 fully saturated rings. The highest BCUT2D eigenvalue weighted by atomic mass is 35.5. The molecule has 146 valence electrons. The zero-order chi connectivity index (χ0) is 20.4. The molecule has 0 aliphatic carbocycles. The molecule has 1 atom stereocenters. The third-order valence-electron chi connectivity index (χ3n) is 4.51. The molecule has 0 saturated heterocycles. The number of carbonyl (C=O) groups excluding carboxylic acids is 1. The first-order valence-corrected chi connectivity index (χ1v) is 10.8. The van der Waals surface area contributed by atoms with Gasteiger partial charge in [0.2, 0.25) is 15.9 Å². The molecule has 0 radical (unpaired) electrons. The van der Waals surface area contributed by atoms with Crippen LogP contribution in [0.15, 0.2) is 36.4 Å². The average molecular weight is 409 g/mol. The summed E-state index contributed by atoms with van der Waals surface area (Å²) >= 11 is 5.96. The number of halogens is 1. The molecule has 0 heterocycles. The molecule has 2 aromatic carbocycles. The number of amides is 1. The Bertz CT molecular complexity index is 958. The van der Waals surface area contributed by atoms with E-state index in [4.69, 9.17) is 11.6 Å². The normalized spacial score (nSPS) is 12.5. The van der Waals surface area contributed by atoms with Gasteiger partial charge in [0.05, 0.1) is 18.0 Å². The van der Waals surface area contributed by atoms with Crippen LogP contribution in [0.25, 0.3) is 0 Å². The number of carbonyl (C=O) groups is 1. The minimum absolute atomic E-state index is 0.238. The molecule has 0 spiro atoms. The number of nitrogens with zero attached hydrogens (tertiary/aromatic N) is 1. The molecule has 0 aliphatic heterocycles. The van der Waals surface area contributed by atoms with Gasteiger partial charge in [0.25, 0.3) is 0 Å². The predicted octanol–water partition coefficient (Wildman–Crippen LogP) is 3.91. The molecule has 5 nitrogen and oxygen atoms in total. The smallest absolute Gasteiger partial charge is 0.241 e. The zero-order valence-electron chi connectivity index (χ0n) is 16.2. The zero-order valence-corrected chi connectivity index (χ0v) is 17.8. The van der Waals surface area contributed by atoms with E-state index in [1.54, 1.807) is 18.2 Å². The fourth-order valence-electron chi connectivity index (χ4n) is 2.98. The number of rotatable bonds is 6. The van der Waals surface area contributed by atoms with E-state index in [1.807, 2.05) is 27.7 Å². The van der Waals surface area contributed by atoms with E-state index in [9.17, 15) is 13.2 Å². The van der Waals surface area contributed by atoms with Crippen molar-refractivity contribution >= 4 is 33.2 Å². The van der Waals surface area contributed by atoms with Crippen LogP contribution in [0.4, 0.5) is 5.69 Å². The van der Waals surface area contributed by atoms with Gasteiger partial charge in [-0.3, -0.25) is 9.10 Å². The molecule has 1 amide bonds. The van der Waals surface area contributed by atoms with Gasteiger partial charge in [-0.05, 0) is 68.1 Å². The van der Waals surface area contributed by atoms with Crippen LogP contribution in [-0.4, -0.2) is 27.1 Å². The van der Waals surface area contributed by atoms with E-state index in [0.717, 1.165) is 27.3 Å². The van der Waals surface area contributed by atoms with Crippen LogP contribution in [0.5, 0.6) is 0 Å². The van der Waals surface area contributed by atoms with Crippen molar-refractivity contribution in [3.05, 3.63) is 63.7 Å². The van der Waals surface area contributed by atoms with E-state index in [-0.39, 0.29) is 18.5 Å². The molecule has 0 unspecified atom stereocenters. The standard InChI is InChI=1S/C20H25ClN2O3S/c1-13-9-15(3)19(10-14(13)2)16(4)22-20(24)12-23(27(5,25)26)18-8-6-7-17(21)11-18/h6-11,16H,12H2,1-5H3,(H,22,24)/t16-/m0/s1. The molecule has 1 N–H and O–H groups in total. The Morgan fingerprint density at radius 1 is 1.11 bits per heavy atom. The van der Waals surface area contributed by atoms with Gasteiger partial charge in [0, 0.05) is 5.02 Å². The highest BCUT2D eigenvalue weighted by Crippen LogP contribution is 2.23. The first-order chi connectivity index (χ1) is 12.5.